The normalized spacial score (nSPS) is 12.7. The zero-order chi connectivity index (χ0) is 12.4. The maximum atomic E-state index is 3.68. The fourth-order valence-electron chi connectivity index (χ4n) is 1.83. The molecule has 1 aromatic carbocycles. The van der Waals surface area contributed by atoms with E-state index in [1.54, 1.807) is 11.3 Å². The highest BCUT2D eigenvalue weighted by Gasteiger charge is 2.19. The minimum Gasteiger partial charge on any atom is -0.309 e. The Labute approximate surface area is 123 Å². The molecule has 0 radical (unpaired) electrons. The van der Waals surface area contributed by atoms with Gasteiger partial charge in [-0.1, -0.05) is 34.1 Å². The first-order chi connectivity index (χ1) is 8.15. The van der Waals surface area contributed by atoms with E-state index in [2.05, 4.69) is 73.7 Å². The van der Waals surface area contributed by atoms with Gasteiger partial charge in [-0.3, -0.25) is 0 Å². The number of nitrogens with one attached hydrogen (secondary N) is 1. The molecule has 0 fully saturated rings. The van der Waals surface area contributed by atoms with Crippen LogP contribution in [0, 0.1) is 6.92 Å². The quantitative estimate of drug-likeness (QED) is 0.806. The van der Waals surface area contributed by atoms with E-state index in [1.165, 1.54) is 20.5 Å². The fraction of sp³-hybridized carbons (Fsp3) is 0.231. The predicted octanol–water partition coefficient (Wildman–Crippen LogP) is 4.89. The van der Waals surface area contributed by atoms with Gasteiger partial charge in [-0.15, -0.1) is 11.3 Å². The van der Waals surface area contributed by atoms with E-state index < -0.39 is 0 Å². The van der Waals surface area contributed by atoms with E-state index in [-0.39, 0.29) is 6.04 Å². The summed E-state index contributed by atoms with van der Waals surface area (Å²) >= 11 is 9.05. The number of benzene rings is 1. The van der Waals surface area contributed by atoms with Crippen LogP contribution in [0.2, 0.25) is 0 Å². The summed E-state index contributed by atoms with van der Waals surface area (Å²) in [5.41, 5.74) is 2.53. The highest BCUT2D eigenvalue weighted by atomic mass is 79.9. The van der Waals surface area contributed by atoms with Gasteiger partial charge in [0, 0.05) is 13.8 Å². The lowest BCUT2D eigenvalue weighted by atomic mass is 10.0. The maximum absolute atomic E-state index is 3.68. The molecule has 0 bridgehead atoms. The highest BCUT2D eigenvalue weighted by molar-refractivity contribution is 9.11. The van der Waals surface area contributed by atoms with Crippen molar-refractivity contribution < 1.29 is 0 Å². The third kappa shape index (κ3) is 2.65. The minimum absolute atomic E-state index is 0.221. The first kappa shape index (κ1) is 13.3. The molecule has 1 aromatic heterocycles. The Hall–Kier alpha value is -0.160. The molecule has 1 heterocycles. The van der Waals surface area contributed by atoms with Crippen LogP contribution >= 0.6 is 43.2 Å². The number of hydrogen-bond acceptors (Lipinski definition) is 2. The molecule has 0 spiro atoms. The van der Waals surface area contributed by atoms with Gasteiger partial charge < -0.3 is 5.32 Å². The Bertz CT molecular complexity index is 522. The summed E-state index contributed by atoms with van der Waals surface area (Å²) in [6, 6.07) is 8.68. The molecule has 1 unspecified atom stereocenters. The number of aryl methyl sites for hydroxylation is 1. The van der Waals surface area contributed by atoms with Crippen LogP contribution in [0.15, 0.2) is 38.6 Å². The Kier molecular flexibility index (Phi) is 4.42. The Morgan fingerprint density at radius 3 is 2.59 bits per heavy atom. The van der Waals surface area contributed by atoms with Crippen molar-refractivity contribution in [3.8, 4) is 0 Å². The molecule has 0 saturated carbocycles. The molecule has 2 aromatic rings. The summed E-state index contributed by atoms with van der Waals surface area (Å²) in [5.74, 6) is 0. The van der Waals surface area contributed by atoms with E-state index in [4.69, 9.17) is 0 Å². The van der Waals surface area contributed by atoms with Gasteiger partial charge >= 0.3 is 0 Å². The third-order valence-corrected chi connectivity index (χ3v) is 5.75. The fourth-order valence-corrected chi connectivity index (χ4v) is 4.05. The second-order valence-corrected chi connectivity index (χ2v) is 6.43. The highest BCUT2D eigenvalue weighted by Crippen LogP contribution is 2.36. The average molecular weight is 375 g/mol. The van der Waals surface area contributed by atoms with Crippen molar-refractivity contribution in [2.45, 2.75) is 13.0 Å². The van der Waals surface area contributed by atoms with Gasteiger partial charge in [0.25, 0.3) is 0 Å². The molecule has 1 nitrogen and oxygen atoms in total. The second kappa shape index (κ2) is 5.65. The molecule has 0 aliphatic rings. The third-order valence-electron chi connectivity index (χ3n) is 2.73. The second-order valence-electron chi connectivity index (χ2n) is 3.83. The van der Waals surface area contributed by atoms with Crippen LogP contribution in [-0.2, 0) is 0 Å². The zero-order valence-corrected chi connectivity index (χ0v) is 13.6. The summed E-state index contributed by atoms with van der Waals surface area (Å²) in [7, 11) is 1.99. The van der Waals surface area contributed by atoms with E-state index in [0.717, 1.165) is 4.47 Å². The molecule has 1 atom stereocenters. The van der Waals surface area contributed by atoms with E-state index in [0.29, 0.717) is 0 Å². The Balaban J connectivity index is 2.50. The number of rotatable bonds is 3. The summed E-state index contributed by atoms with van der Waals surface area (Å²) in [6.45, 7) is 2.11. The minimum atomic E-state index is 0.221. The van der Waals surface area contributed by atoms with E-state index >= 15 is 0 Å². The first-order valence-electron chi connectivity index (χ1n) is 5.30. The average Bonchev–Trinajstić information content (AvgIpc) is 2.72. The molecule has 2 rings (SSSR count). The molecular weight excluding hydrogens is 362 g/mol. The summed E-state index contributed by atoms with van der Waals surface area (Å²) in [4.78, 5) is 1.30. The van der Waals surface area contributed by atoms with Crippen molar-refractivity contribution in [1.29, 1.82) is 0 Å². The Morgan fingerprint density at radius 1 is 1.24 bits per heavy atom. The summed E-state index contributed by atoms with van der Waals surface area (Å²) in [5, 5.41) is 5.48. The van der Waals surface area contributed by atoms with Crippen LogP contribution in [0.4, 0.5) is 0 Å². The monoisotopic (exact) mass is 373 g/mol. The largest absolute Gasteiger partial charge is 0.309 e. The Morgan fingerprint density at radius 2 is 2.00 bits per heavy atom. The van der Waals surface area contributed by atoms with Crippen molar-refractivity contribution in [2.75, 3.05) is 7.05 Å². The molecule has 0 saturated heterocycles. The van der Waals surface area contributed by atoms with Gasteiger partial charge in [0.15, 0.2) is 0 Å². The van der Waals surface area contributed by atoms with Crippen molar-refractivity contribution in [2.24, 2.45) is 0 Å². The molecule has 17 heavy (non-hydrogen) atoms. The molecule has 90 valence electrons. The molecule has 4 heteroatoms. The van der Waals surface area contributed by atoms with E-state index in [1.807, 2.05) is 7.05 Å². The number of thiophene rings is 1. The number of hydrogen-bond donors (Lipinski definition) is 1. The van der Waals surface area contributed by atoms with Crippen LogP contribution < -0.4 is 5.32 Å². The molecule has 0 amide bonds. The van der Waals surface area contributed by atoms with Crippen LogP contribution in [0.5, 0.6) is 0 Å². The van der Waals surface area contributed by atoms with Crippen LogP contribution in [0.3, 0.4) is 0 Å². The maximum Gasteiger partial charge on any atom is 0.0691 e. The lowest BCUT2D eigenvalue weighted by Gasteiger charge is -2.18. The lowest BCUT2D eigenvalue weighted by molar-refractivity contribution is 0.698. The molecule has 0 aliphatic carbocycles. The summed E-state index contributed by atoms with van der Waals surface area (Å²) < 4.78 is 2.34. The number of halogens is 2. The smallest absolute Gasteiger partial charge is 0.0691 e. The first-order valence-corrected chi connectivity index (χ1v) is 7.77. The zero-order valence-electron chi connectivity index (χ0n) is 9.63. The van der Waals surface area contributed by atoms with Crippen molar-refractivity contribution in [3.63, 3.8) is 0 Å². The lowest BCUT2D eigenvalue weighted by Crippen LogP contribution is -2.17. The standard InChI is InChI=1S/C13H13Br2NS/c1-8-4-3-5-9(11(8)15)12(16-2)13-10(14)6-7-17-13/h3-7,12,16H,1-2H3. The summed E-state index contributed by atoms with van der Waals surface area (Å²) in [6.07, 6.45) is 0. The van der Waals surface area contributed by atoms with Crippen molar-refractivity contribution in [1.82, 2.24) is 5.32 Å². The predicted molar refractivity (Wildman–Crippen MR) is 81.8 cm³/mol. The molecular formula is C13H13Br2NS. The van der Waals surface area contributed by atoms with Gasteiger partial charge in [0.1, 0.15) is 0 Å². The van der Waals surface area contributed by atoms with Gasteiger partial charge in [-0.05, 0) is 52.5 Å². The van der Waals surface area contributed by atoms with Crippen molar-refractivity contribution >= 4 is 43.2 Å². The van der Waals surface area contributed by atoms with Crippen LogP contribution in [0.1, 0.15) is 22.0 Å². The van der Waals surface area contributed by atoms with Gasteiger partial charge in [-0.2, -0.15) is 0 Å². The van der Waals surface area contributed by atoms with Crippen LogP contribution in [-0.4, -0.2) is 7.05 Å². The SMILES string of the molecule is CNC(c1cccc(C)c1Br)c1sccc1Br. The molecule has 0 aliphatic heterocycles. The van der Waals surface area contributed by atoms with Gasteiger partial charge in [0.05, 0.1) is 6.04 Å². The van der Waals surface area contributed by atoms with Crippen molar-refractivity contribution in [3.05, 3.63) is 54.6 Å². The molecule has 1 N–H and O–H groups in total. The van der Waals surface area contributed by atoms with Gasteiger partial charge in [-0.25, -0.2) is 0 Å². The topological polar surface area (TPSA) is 12.0 Å². The van der Waals surface area contributed by atoms with Gasteiger partial charge in [0.2, 0.25) is 0 Å². The van der Waals surface area contributed by atoms with Crippen LogP contribution in [0.25, 0.3) is 0 Å². The van der Waals surface area contributed by atoms with E-state index in [9.17, 15) is 0 Å².